The summed E-state index contributed by atoms with van der Waals surface area (Å²) in [5.74, 6) is 4.65. The van der Waals surface area contributed by atoms with Crippen molar-refractivity contribution in [3.8, 4) is 12.3 Å². The van der Waals surface area contributed by atoms with Crippen molar-refractivity contribution in [2.75, 3.05) is 0 Å². The molecule has 2 nitrogen and oxygen atoms in total. The van der Waals surface area contributed by atoms with Crippen LogP contribution in [0.3, 0.4) is 0 Å². The number of hydrogen-bond donors (Lipinski definition) is 2. The van der Waals surface area contributed by atoms with Crippen LogP contribution in [-0.4, -0.2) is 21.9 Å². The van der Waals surface area contributed by atoms with Crippen molar-refractivity contribution in [3.63, 3.8) is 0 Å². The van der Waals surface area contributed by atoms with Gasteiger partial charge >= 0.3 is 0 Å². The maximum Gasteiger partial charge on any atom is 0.130 e. The molecule has 0 aromatic heterocycles. The van der Waals surface area contributed by atoms with E-state index in [1.165, 1.54) is 12.0 Å². The number of terminal acetylenes is 1. The summed E-state index contributed by atoms with van der Waals surface area (Å²) in [6, 6.07) is 0. The number of aliphatic hydroxyl groups excluding tert-OH is 1. The summed E-state index contributed by atoms with van der Waals surface area (Å²) in [5, 5.41) is 21.0. The van der Waals surface area contributed by atoms with Crippen molar-refractivity contribution in [3.05, 3.63) is 11.6 Å². The molecule has 0 radical (unpaired) electrons. The zero-order valence-corrected chi connectivity index (χ0v) is 14.5. The number of allylic oxidation sites excluding steroid dienone is 1. The Hall–Kier alpha value is -0.780. The number of fused-ring (bicyclic) bond motifs is 5. The minimum atomic E-state index is -0.906. The van der Waals surface area contributed by atoms with Gasteiger partial charge in [-0.05, 0) is 74.5 Å². The van der Waals surface area contributed by atoms with Gasteiger partial charge in [0.2, 0.25) is 0 Å². The lowest BCUT2D eigenvalue weighted by Crippen LogP contribution is -2.54. The third kappa shape index (κ3) is 1.90. The predicted octanol–water partition coefficient (Wildman–Crippen LogP) is 3.67. The van der Waals surface area contributed by atoms with Crippen molar-refractivity contribution in [2.45, 2.75) is 76.9 Å². The van der Waals surface area contributed by atoms with E-state index in [4.69, 9.17) is 6.42 Å². The van der Waals surface area contributed by atoms with Gasteiger partial charge in [-0.3, -0.25) is 0 Å². The highest BCUT2D eigenvalue weighted by atomic mass is 16.3. The van der Waals surface area contributed by atoms with Crippen LogP contribution >= 0.6 is 0 Å². The molecule has 0 aliphatic heterocycles. The third-order valence-corrected chi connectivity index (χ3v) is 8.47. The number of aliphatic hydroxyl groups is 2. The second-order valence-corrected chi connectivity index (χ2v) is 9.16. The first-order valence-electron chi connectivity index (χ1n) is 9.42. The van der Waals surface area contributed by atoms with Crippen molar-refractivity contribution in [2.24, 2.45) is 28.6 Å². The number of rotatable bonds is 0. The molecule has 2 heteroatoms. The Morgan fingerprint density at radius 1 is 1.13 bits per heavy atom. The molecule has 0 heterocycles. The molecule has 3 fully saturated rings. The molecule has 23 heavy (non-hydrogen) atoms. The van der Waals surface area contributed by atoms with Gasteiger partial charge in [-0.15, -0.1) is 6.42 Å². The molecule has 0 bridgehead atoms. The topological polar surface area (TPSA) is 40.5 Å². The molecule has 0 saturated heterocycles. The van der Waals surface area contributed by atoms with E-state index >= 15 is 0 Å². The summed E-state index contributed by atoms with van der Waals surface area (Å²) in [7, 11) is 0. The second kappa shape index (κ2) is 4.87. The largest absolute Gasteiger partial charge is 0.393 e. The highest BCUT2D eigenvalue weighted by Crippen LogP contribution is 2.66. The van der Waals surface area contributed by atoms with Crippen LogP contribution in [0.1, 0.15) is 65.2 Å². The lowest BCUT2D eigenvalue weighted by Gasteiger charge is -2.58. The Morgan fingerprint density at radius 2 is 1.87 bits per heavy atom. The van der Waals surface area contributed by atoms with E-state index in [2.05, 4.69) is 25.8 Å². The molecule has 126 valence electrons. The molecule has 0 aromatic carbocycles. The van der Waals surface area contributed by atoms with Gasteiger partial charge in [0.25, 0.3) is 0 Å². The van der Waals surface area contributed by atoms with Crippen LogP contribution in [0.15, 0.2) is 11.6 Å². The summed E-state index contributed by atoms with van der Waals surface area (Å²) in [5.41, 5.74) is 0.751. The van der Waals surface area contributed by atoms with Crippen LogP contribution in [0.2, 0.25) is 0 Å². The van der Waals surface area contributed by atoms with E-state index in [1.807, 2.05) is 0 Å². The minimum Gasteiger partial charge on any atom is -0.393 e. The molecule has 2 N–H and O–H groups in total. The summed E-state index contributed by atoms with van der Waals surface area (Å²) < 4.78 is 0. The predicted molar refractivity (Wildman–Crippen MR) is 91.5 cm³/mol. The Bertz CT molecular complexity index is 587. The first-order valence-corrected chi connectivity index (χ1v) is 9.42. The first kappa shape index (κ1) is 15.7. The van der Waals surface area contributed by atoms with Gasteiger partial charge in [-0.25, -0.2) is 0 Å². The fraction of sp³-hybridized carbons (Fsp3) is 0.810. The lowest BCUT2D eigenvalue weighted by atomic mass is 9.47. The minimum absolute atomic E-state index is 0.112. The van der Waals surface area contributed by atoms with Gasteiger partial charge in [-0.1, -0.05) is 31.4 Å². The summed E-state index contributed by atoms with van der Waals surface area (Å²) in [4.78, 5) is 0. The number of hydrogen-bond acceptors (Lipinski definition) is 2. The van der Waals surface area contributed by atoms with Crippen LogP contribution in [0.4, 0.5) is 0 Å². The molecule has 0 unspecified atom stereocenters. The summed E-state index contributed by atoms with van der Waals surface area (Å²) >= 11 is 0. The smallest absolute Gasteiger partial charge is 0.130 e. The van der Waals surface area contributed by atoms with Gasteiger partial charge in [-0.2, -0.15) is 0 Å². The van der Waals surface area contributed by atoms with Crippen molar-refractivity contribution in [1.29, 1.82) is 0 Å². The van der Waals surface area contributed by atoms with Gasteiger partial charge < -0.3 is 10.2 Å². The molecular formula is C21H30O2. The molecule has 0 amide bonds. The van der Waals surface area contributed by atoms with Crippen LogP contribution in [0.25, 0.3) is 0 Å². The summed E-state index contributed by atoms with van der Waals surface area (Å²) in [6.45, 7) is 4.68. The molecule has 7 atom stereocenters. The van der Waals surface area contributed by atoms with Crippen LogP contribution < -0.4 is 0 Å². The standard InChI is InChI=1S/C21H30O2/c1-4-21(23)12-9-18-16-6-5-14-13-15(22)7-10-19(14,2)17(16)8-11-20(18,21)3/h1,5,15-18,22-23H,6-13H2,2-3H3/t15-,16-,17+,18+,19+,20+,21+/m1/s1. The van der Waals surface area contributed by atoms with Gasteiger partial charge in [0.05, 0.1) is 6.10 Å². The first-order chi connectivity index (χ1) is 10.8. The van der Waals surface area contributed by atoms with E-state index in [1.54, 1.807) is 0 Å². The monoisotopic (exact) mass is 314 g/mol. The second-order valence-electron chi connectivity index (χ2n) is 9.16. The Labute approximate surface area is 140 Å². The Balaban J connectivity index is 1.69. The zero-order chi connectivity index (χ0) is 16.5. The molecular weight excluding hydrogens is 284 g/mol. The van der Waals surface area contributed by atoms with Gasteiger partial charge in [0, 0.05) is 5.41 Å². The van der Waals surface area contributed by atoms with E-state index in [9.17, 15) is 10.2 Å². The average molecular weight is 314 g/mol. The summed E-state index contributed by atoms with van der Waals surface area (Å²) in [6.07, 6.45) is 16.1. The lowest BCUT2D eigenvalue weighted by molar-refractivity contribution is -0.0969. The van der Waals surface area contributed by atoms with Crippen LogP contribution in [0, 0.1) is 40.9 Å². The molecule has 0 spiro atoms. The molecule has 4 aliphatic rings. The fourth-order valence-corrected chi connectivity index (χ4v) is 6.89. The quantitative estimate of drug-likeness (QED) is 0.529. The molecule has 0 aromatic rings. The Morgan fingerprint density at radius 3 is 2.61 bits per heavy atom. The van der Waals surface area contributed by atoms with Gasteiger partial charge in [0.1, 0.15) is 5.60 Å². The highest BCUT2D eigenvalue weighted by Gasteiger charge is 2.63. The van der Waals surface area contributed by atoms with E-state index in [0.29, 0.717) is 17.8 Å². The van der Waals surface area contributed by atoms with Gasteiger partial charge in [0.15, 0.2) is 0 Å². The molecule has 3 saturated carbocycles. The van der Waals surface area contributed by atoms with Crippen molar-refractivity contribution >= 4 is 0 Å². The fourth-order valence-electron chi connectivity index (χ4n) is 6.89. The van der Waals surface area contributed by atoms with Crippen LogP contribution in [0.5, 0.6) is 0 Å². The highest BCUT2D eigenvalue weighted by molar-refractivity contribution is 5.28. The van der Waals surface area contributed by atoms with E-state index < -0.39 is 5.60 Å². The van der Waals surface area contributed by atoms with Crippen molar-refractivity contribution in [1.82, 2.24) is 0 Å². The maximum atomic E-state index is 11.0. The maximum absolute atomic E-state index is 11.0. The van der Waals surface area contributed by atoms with Crippen LogP contribution in [-0.2, 0) is 0 Å². The average Bonchev–Trinajstić information content (AvgIpc) is 2.80. The SMILES string of the molecule is C#C[C@]1(O)CC[C@H]2[C@@H]3CC=C4C[C@H](O)CC[C@]4(C)[C@H]3CC[C@@]21C. The normalized spacial score (nSPS) is 55.2. The molecule has 4 rings (SSSR count). The van der Waals surface area contributed by atoms with E-state index in [-0.39, 0.29) is 16.9 Å². The van der Waals surface area contributed by atoms with Crippen molar-refractivity contribution < 1.29 is 10.2 Å². The molecule has 4 aliphatic carbocycles. The third-order valence-electron chi connectivity index (χ3n) is 8.47. The Kier molecular flexibility index (Phi) is 3.33. The van der Waals surface area contributed by atoms with E-state index in [0.717, 1.165) is 44.9 Å². The zero-order valence-electron chi connectivity index (χ0n) is 14.5.